The average molecular weight is 235 g/mol. The number of nitrogens with one attached hydrogen (secondary N) is 1. The van der Waals surface area contributed by atoms with Crippen molar-refractivity contribution in [3.8, 4) is 0 Å². The lowest BCUT2D eigenvalue weighted by Crippen LogP contribution is -2.49. The lowest BCUT2D eigenvalue weighted by atomic mass is 9.84. The van der Waals surface area contributed by atoms with Crippen LogP contribution in [0.1, 0.15) is 22.4 Å². The smallest absolute Gasteiger partial charge is 0.230 e. The monoisotopic (exact) mass is 235 g/mol. The highest BCUT2D eigenvalue weighted by Crippen LogP contribution is 2.40. The summed E-state index contributed by atoms with van der Waals surface area (Å²) in [7, 11) is 0. The topological polar surface area (TPSA) is 29.1 Å². The number of thiophene rings is 2. The highest BCUT2D eigenvalue weighted by molar-refractivity contribution is 7.10. The quantitative estimate of drug-likeness (QED) is 0.797. The summed E-state index contributed by atoms with van der Waals surface area (Å²) in [5, 5.41) is 9.09. The molecule has 1 fully saturated rings. The van der Waals surface area contributed by atoms with Crippen LogP contribution in [-0.4, -0.2) is 5.91 Å². The molecule has 76 valence electrons. The van der Waals surface area contributed by atoms with Crippen molar-refractivity contribution in [2.75, 3.05) is 0 Å². The summed E-state index contributed by atoms with van der Waals surface area (Å²) in [6, 6.07) is 6.32. The summed E-state index contributed by atoms with van der Waals surface area (Å²) >= 11 is 3.34. The number of amides is 1. The number of hydrogen-bond donors (Lipinski definition) is 1. The summed E-state index contributed by atoms with van der Waals surface area (Å²) in [6.07, 6.45) is 0. The molecule has 0 saturated carbocycles. The number of rotatable bonds is 2. The van der Waals surface area contributed by atoms with Gasteiger partial charge in [-0.3, -0.25) is 4.79 Å². The molecule has 2 atom stereocenters. The van der Waals surface area contributed by atoms with E-state index in [9.17, 15) is 4.79 Å². The molecule has 0 aromatic carbocycles. The van der Waals surface area contributed by atoms with Crippen LogP contribution in [0.25, 0.3) is 0 Å². The largest absolute Gasteiger partial charge is 0.347 e. The van der Waals surface area contributed by atoms with Gasteiger partial charge in [-0.1, -0.05) is 6.07 Å². The van der Waals surface area contributed by atoms with Crippen LogP contribution in [0, 0.1) is 0 Å². The van der Waals surface area contributed by atoms with Crippen LogP contribution >= 0.6 is 22.7 Å². The van der Waals surface area contributed by atoms with Crippen molar-refractivity contribution in [3.05, 3.63) is 44.8 Å². The molecule has 0 bridgehead atoms. The van der Waals surface area contributed by atoms with Gasteiger partial charge in [0, 0.05) is 4.88 Å². The van der Waals surface area contributed by atoms with Crippen LogP contribution < -0.4 is 5.32 Å². The minimum atomic E-state index is 0.0231. The van der Waals surface area contributed by atoms with Gasteiger partial charge in [-0.15, -0.1) is 11.3 Å². The van der Waals surface area contributed by atoms with Gasteiger partial charge < -0.3 is 5.32 Å². The molecule has 2 aromatic heterocycles. The van der Waals surface area contributed by atoms with E-state index in [2.05, 4.69) is 16.8 Å². The van der Waals surface area contributed by atoms with Gasteiger partial charge in [0.25, 0.3) is 0 Å². The van der Waals surface area contributed by atoms with Crippen LogP contribution in [0.15, 0.2) is 34.3 Å². The summed E-state index contributed by atoms with van der Waals surface area (Å²) in [4.78, 5) is 12.8. The molecule has 2 aromatic rings. The van der Waals surface area contributed by atoms with E-state index in [-0.39, 0.29) is 17.9 Å². The van der Waals surface area contributed by atoms with E-state index < -0.39 is 0 Å². The fraction of sp³-hybridized carbons (Fsp3) is 0.182. The lowest BCUT2D eigenvalue weighted by Gasteiger charge is -2.35. The summed E-state index contributed by atoms with van der Waals surface area (Å²) < 4.78 is 0. The first-order valence-corrected chi connectivity index (χ1v) is 6.54. The van der Waals surface area contributed by atoms with Crippen molar-refractivity contribution >= 4 is 28.6 Å². The lowest BCUT2D eigenvalue weighted by molar-refractivity contribution is -0.130. The Labute approximate surface area is 95.6 Å². The summed E-state index contributed by atoms with van der Waals surface area (Å²) in [5.74, 6) is 0.168. The number of β-lactam (4-membered cyclic amide) rings is 1. The normalized spacial score (nSPS) is 24.7. The molecule has 15 heavy (non-hydrogen) atoms. The van der Waals surface area contributed by atoms with E-state index in [4.69, 9.17) is 0 Å². The highest BCUT2D eigenvalue weighted by atomic mass is 32.1. The van der Waals surface area contributed by atoms with E-state index in [0.29, 0.717) is 0 Å². The molecule has 4 heteroatoms. The average Bonchev–Trinajstić information content (AvgIpc) is 2.85. The predicted octanol–water partition coefficient (Wildman–Crippen LogP) is 2.76. The third-order valence-corrected chi connectivity index (χ3v) is 4.32. The molecule has 1 aliphatic rings. The van der Waals surface area contributed by atoms with Crippen LogP contribution in [-0.2, 0) is 4.79 Å². The molecule has 1 amide bonds. The minimum absolute atomic E-state index is 0.0231. The van der Waals surface area contributed by atoms with Crippen molar-refractivity contribution in [1.82, 2.24) is 5.32 Å². The Kier molecular flexibility index (Phi) is 2.11. The molecule has 1 N–H and O–H groups in total. The maximum atomic E-state index is 11.5. The van der Waals surface area contributed by atoms with Crippen molar-refractivity contribution < 1.29 is 4.79 Å². The van der Waals surface area contributed by atoms with Crippen LogP contribution in [0.3, 0.4) is 0 Å². The van der Waals surface area contributed by atoms with Gasteiger partial charge in [0.1, 0.15) is 0 Å². The second-order valence-electron chi connectivity index (χ2n) is 3.54. The summed E-state index contributed by atoms with van der Waals surface area (Å²) in [6.45, 7) is 0. The third-order valence-electron chi connectivity index (χ3n) is 2.67. The first-order valence-electron chi connectivity index (χ1n) is 4.72. The van der Waals surface area contributed by atoms with E-state index >= 15 is 0 Å². The molecule has 1 saturated heterocycles. The third kappa shape index (κ3) is 1.41. The van der Waals surface area contributed by atoms with Crippen LogP contribution in [0.2, 0.25) is 0 Å². The SMILES string of the molecule is O=C1NC(c2cccs2)C1c1ccsc1. The van der Waals surface area contributed by atoms with Gasteiger partial charge >= 0.3 is 0 Å². The van der Waals surface area contributed by atoms with Crippen LogP contribution in [0.4, 0.5) is 0 Å². The molecule has 2 unspecified atom stereocenters. The Balaban J connectivity index is 1.91. The highest BCUT2D eigenvalue weighted by Gasteiger charge is 2.41. The van der Waals surface area contributed by atoms with Crippen LogP contribution in [0.5, 0.6) is 0 Å². The van der Waals surface area contributed by atoms with Gasteiger partial charge in [-0.25, -0.2) is 0 Å². The molecule has 2 nitrogen and oxygen atoms in total. The van der Waals surface area contributed by atoms with Gasteiger partial charge in [-0.2, -0.15) is 11.3 Å². The molecule has 0 radical (unpaired) electrons. The van der Waals surface area contributed by atoms with Gasteiger partial charge in [0.2, 0.25) is 5.91 Å². The maximum Gasteiger partial charge on any atom is 0.230 e. The fourth-order valence-corrected chi connectivity index (χ4v) is 3.39. The van der Waals surface area contributed by atoms with Gasteiger partial charge in [0.05, 0.1) is 12.0 Å². The minimum Gasteiger partial charge on any atom is -0.347 e. The number of carbonyl (C=O) groups is 1. The van der Waals surface area contributed by atoms with E-state index in [0.717, 1.165) is 5.56 Å². The van der Waals surface area contributed by atoms with Crippen molar-refractivity contribution in [2.45, 2.75) is 12.0 Å². The first kappa shape index (κ1) is 9.12. The Morgan fingerprint density at radius 3 is 2.80 bits per heavy atom. The van der Waals surface area contributed by atoms with Crippen molar-refractivity contribution in [2.24, 2.45) is 0 Å². The van der Waals surface area contributed by atoms with Gasteiger partial charge in [0.15, 0.2) is 0 Å². The first-order chi connectivity index (χ1) is 7.36. The van der Waals surface area contributed by atoms with E-state index in [1.807, 2.05) is 22.9 Å². The number of carbonyl (C=O) groups excluding carboxylic acids is 1. The zero-order valence-electron chi connectivity index (χ0n) is 7.84. The number of hydrogen-bond acceptors (Lipinski definition) is 3. The molecular formula is C11H9NOS2. The Morgan fingerprint density at radius 2 is 2.20 bits per heavy atom. The van der Waals surface area contributed by atoms with Crippen molar-refractivity contribution in [1.29, 1.82) is 0 Å². The molecule has 3 rings (SSSR count). The van der Waals surface area contributed by atoms with E-state index in [1.165, 1.54) is 4.88 Å². The standard InChI is InChI=1S/C11H9NOS2/c13-11-9(7-3-5-14-6-7)10(12-11)8-2-1-4-15-8/h1-6,9-10H,(H,12,13). The zero-order valence-corrected chi connectivity index (χ0v) is 9.48. The molecular weight excluding hydrogens is 226 g/mol. The molecule has 3 heterocycles. The predicted molar refractivity (Wildman–Crippen MR) is 62.3 cm³/mol. The molecule has 1 aliphatic heterocycles. The maximum absolute atomic E-state index is 11.5. The van der Waals surface area contributed by atoms with E-state index in [1.54, 1.807) is 22.7 Å². The Hall–Kier alpha value is -1.13. The Morgan fingerprint density at radius 1 is 1.27 bits per heavy atom. The van der Waals surface area contributed by atoms with Gasteiger partial charge in [-0.05, 0) is 33.8 Å². The molecule has 0 aliphatic carbocycles. The zero-order chi connectivity index (χ0) is 10.3. The second kappa shape index (κ2) is 3.47. The fourth-order valence-electron chi connectivity index (χ4n) is 1.88. The molecule has 0 spiro atoms. The Bertz CT molecular complexity index is 461. The second-order valence-corrected chi connectivity index (χ2v) is 5.30. The summed E-state index contributed by atoms with van der Waals surface area (Å²) in [5.41, 5.74) is 1.14. The van der Waals surface area contributed by atoms with Crippen molar-refractivity contribution in [3.63, 3.8) is 0 Å².